The quantitative estimate of drug-likeness (QED) is 0.477. The first-order valence-electron chi connectivity index (χ1n) is 13.9. The molecule has 4 saturated carbocycles. The third-order valence-electron chi connectivity index (χ3n) is 12.7. The van der Waals surface area contributed by atoms with Gasteiger partial charge in [-0.05, 0) is 98.7 Å². The van der Waals surface area contributed by atoms with Crippen molar-refractivity contribution in [3.63, 3.8) is 0 Å². The predicted octanol–water partition coefficient (Wildman–Crippen LogP) is 5.29. The summed E-state index contributed by atoms with van der Waals surface area (Å²) in [7, 11) is 0. The van der Waals surface area contributed by atoms with Gasteiger partial charge in [-0.25, -0.2) is 0 Å². The molecule has 3 N–H and O–H groups in total. The number of allylic oxidation sites excluding steroid dienone is 2. The van der Waals surface area contributed by atoms with Crippen LogP contribution in [0.25, 0.3) is 0 Å². The molecule has 0 aliphatic heterocycles. The van der Waals surface area contributed by atoms with Crippen molar-refractivity contribution in [1.82, 2.24) is 0 Å². The van der Waals surface area contributed by atoms with Gasteiger partial charge in [0.2, 0.25) is 0 Å². The molecule has 192 valence electrons. The van der Waals surface area contributed by atoms with Crippen molar-refractivity contribution in [2.45, 2.75) is 118 Å². The Balaban J connectivity index is 1.51. The van der Waals surface area contributed by atoms with Crippen molar-refractivity contribution < 1.29 is 20.1 Å². The molecule has 0 spiro atoms. The van der Waals surface area contributed by atoms with Gasteiger partial charge in [0.25, 0.3) is 0 Å². The van der Waals surface area contributed by atoms with Gasteiger partial charge in [0.1, 0.15) is 5.78 Å². The maximum absolute atomic E-state index is 12.8. The highest BCUT2D eigenvalue weighted by Crippen LogP contribution is 2.73. The van der Waals surface area contributed by atoms with Crippen LogP contribution in [0.2, 0.25) is 0 Å². The zero-order chi connectivity index (χ0) is 25.1. The topological polar surface area (TPSA) is 77.8 Å². The summed E-state index contributed by atoms with van der Waals surface area (Å²) < 4.78 is 0. The third kappa shape index (κ3) is 3.03. The third-order valence-corrected chi connectivity index (χ3v) is 12.7. The number of hydrogen-bond acceptors (Lipinski definition) is 4. The molecule has 5 aliphatic carbocycles. The molecule has 0 aromatic heterocycles. The predicted molar refractivity (Wildman–Crippen MR) is 134 cm³/mol. The Labute approximate surface area is 206 Å². The lowest BCUT2D eigenvalue weighted by Gasteiger charge is -2.63. The van der Waals surface area contributed by atoms with E-state index in [-0.39, 0.29) is 39.4 Å². The van der Waals surface area contributed by atoms with E-state index in [1.165, 1.54) is 0 Å². The average molecular weight is 473 g/mol. The van der Waals surface area contributed by atoms with Gasteiger partial charge in [0.15, 0.2) is 0 Å². The van der Waals surface area contributed by atoms with Crippen LogP contribution in [0.1, 0.15) is 99.8 Å². The second kappa shape index (κ2) is 7.42. The SMILES string of the molecule is CC1(C)C(=O)CC[C@]2(C)C3CC[C@@]4(C)[C@H](C5CC[C@@H](C(C)(C)O)[C@@H]5O)[C@@H](O)C[C@]4(C)C3=CCC12. The molecule has 0 aromatic carbocycles. The van der Waals surface area contributed by atoms with E-state index in [0.29, 0.717) is 24.0 Å². The minimum absolute atomic E-state index is 0.0357. The Morgan fingerprint density at radius 3 is 2.29 bits per heavy atom. The number of ketones is 1. The van der Waals surface area contributed by atoms with Crippen LogP contribution in [0.3, 0.4) is 0 Å². The fraction of sp³-hybridized carbons (Fsp3) is 0.900. The molecule has 0 bridgehead atoms. The van der Waals surface area contributed by atoms with Crippen LogP contribution >= 0.6 is 0 Å². The van der Waals surface area contributed by atoms with E-state index in [1.54, 1.807) is 5.57 Å². The minimum Gasteiger partial charge on any atom is -0.393 e. The van der Waals surface area contributed by atoms with E-state index >= 15 is 0 Å². The van der Waals surface area contributed by atoms with Crippen molar-refractivity contribution in [2.75, 3.05) is 0 Å². The summed E-state index contributed by atoms with van der Waals surface area (Å²) in [5.74, 6) is 1.23. The van der Waals surface area contributed by atoms with E-state index < -0.39 is 17.8 Å². The molecule has 0 saturated heterocycles. The van der Waals surface area contributed by atoms with E-state index in [2.05, 4.69) is 40.7 Å². The Bertz CT molecular complexity index is 898. The maximum atomic E-state index is 12.8. The van der Waals surface area contributed by atoms with Gasteiger partial charge < -0.3 is 15.3 Å². The van der Waals surface area contributed by atoms with E-state index in [4.69, 9.17) is 0 Å². The first kappa shape index (κ1) is 25.0. The van der Waals surface area contributed by atoms with Crippen LogP contribution < -0.4 is 0 Å². The number of fused-ring (bicyclic) bond motifs is 5. The molecule has 3 unspecified atom stereocenters. The first-order valence-corrected chi connectivity index (χ1v) is 13.9. The van der Waals surface area contributed by atoms with Gasteiger partial charge >= 0.3 is 0 Å². The molecule has 0 amide bonds. The van der Waals surface area contributed by atoms with Gasteiger partial charge in [-0.3, -0.25) is 4.79 Å². The summed E-state index contributed by atoms with van der Waals surface area (Å²) in [5, 5.41) is 33.6. The molecule has 4 nitrogen and oxygen atoms in total. The Morgan fingerprint density at radius 2 is 1.68 bits per heavy atom. The summed E-state index contributed by atoms with van der Waals surface area (Å²) in [4.78, 5) is 12.8. The van der Waals surface area contributed by atoms with Gasteiger partial charge in [-0.15, -0.1) is 0 Å². The van der Waals surface area contributed by atoms with Crippen LogP contribution in [0, 0.1) is 51.2 Å². The van der Waals surface area contributed by atoms with Gasteiger partial charge in [-0.1, -0.05) is 46.3 Å². The molecule has 4 heteroatoms. The molecule has 0 aromatic rings. The monoisotopic (exact) mass is 472 g/mol. The zero-order valence-electron chi connectivity index (χ0n) is 22.5. The molecule has 10 atom stereocenters. The van der Waals surface area contributed by atoms with Gasteiger partial charge in [-0.2, -0.15) is 0 Å². The Hall–Kier alpha value is -0.710. The molecule has 4 fully saturated rings. The number of aliphatic hydroxyl groups is 3. The largest absolute Gasteiger partial charge is 0.393 e. The number of Topliss-reactive ketones (excluding diaryl/α,β-unsaturated/α-hetero) is 1. The van der Waals surface area contributed by atoms with Crippen LogP contribution in [-0.2, 0) is 4.79 Å². The Kier molecular flexibility index (Phi) is 5.44. The fourth-order valence-corrected chi connectivity index (χ4v) is 10.6. The molecular weight excluding hydrogens is 424 g/mol. The molecule has 0 radical (unpaired) electrons. The zero-order valence-corrected chi connectivity index (χ0v) is 22.5. The molecule has 0 heterocycles. The van der Waals surface area contributed by atoms with E-state index in [9.17, 15) is 20.1 Å². The first-order chi connectivity index (χ1) is 15.6. The average Bonchev–Trinajstić information content (AvgIpc) is 3.19. The second-order valence-electron chi connectivity index (χ2n) is 14.7. The van der Waals surface area contributed by atoms with Crippen molar-refractivity contribution in [1.29, 1.82) is 0 Å². The van der Waals surface area contributed by atoms with Crippen LogP contribution in [0.4, 0.5) is 0 Å². The molecular formula is C30H48O4. The fourth-order valence-electron chi connectivity index (χ4n) is 10.6. The lowest BCUT2D eigenvalue weighted by atomic mass is 9.41. The smallest absolute Gasteiger partial charge is 0.138 e. The van der Waals surface area contributed by atoms with E-state index in [0.717, 1.165) is 44.9 Å². The normalized spacial score (nSPS) is 52.6. The number of rotatable bonds is 2. The summed E-state index contributed by atoms with van der Waals surface area (Å²) in [6.07, 6.45) is 8.74. The van der Waals surface area contributed by atoms with Gasteiger partial charge in [0.05, 0.1) is 17.8 Å². The van der Waals surface area contributed by atoms with Crippen molar-refractivity contribution in [3.05, 3.63) is 11.6 Å². The number of hydrogen-bond donors (Lipinski definition) is 3. The highest BCUT2D eigenvalue weighted by atomic mass is 16.3. The number of carbonyl (C=O) groups is 1. The highest BCUT2D eigenvalue weighted by molar-refractivity contribution is 5.85. The second-order valence-corrected chi connectivity index (χ2v) is 14.7. The summed E-state index contributed by atoms with van der Waals surface area (Å²) in [6, 6.07) is 0. The van der Waals surface area contributed by atoms with Crippen LogP contribution in [0.15, 0.2) is 11.6 Å². The number of carbonyl (C=O) groups excluding carboxylic acids is 1. The lowest BCUT2D eigenvalue weighted by molar-refractivity contribution is -0.146. The molecule has 34 heavy (non-hydrogen) atoms. The molecule has 5 aliphatic rings. The standard InChI is InChI=1S/C30H48O4/c1-26(2)22-11-10-19-18(28(22,5)14-13-23(26)32)12-15-29(6)24(21(31)16-30(19,29)7)17-8-9-20(25(17)33)27(3,4)34/h10,17-18,20-22,24-25,31,33-34H,8-9,11-16H2,1-7H3/t17?,18?,20-,21+,22?,24-,25-,28-,29+,30-/m1/s1. The maximum Gasteiger partial charge on any atom is 0.138 e. The van der Waals surface area contributed by atoms with Crippen molar-refractivity contribution in [2.24, 2.45) is 51.2 Å². The highest BCUT2D eigenvalue weighted by Gasteiger charge is 2.68. The molecule has 5 rings (SSSR count). The minimum atomic E-state index is -0.902. The lowest BCUT2D eigenvalue weighted by Crippen LogP contribution is -2.57. The summed E-state index contributed by atoms with van der Waals surface area (Å²) in [5.41, 5.74) is 0.338. The van der Waals surface area contributed by atoms with Gasteiger partial charge in [0, 0.05) is 17.8 Å². The summed E-state index contributed by atoms with van der Waals surface area (Å²) >= 11 is 0. The Morgan fingerprint density at radius 1 is 1.00 bits per heavy atom. The number of aliphatic hydroxyl groups excluding tert-OH is 2. The van der Waals surface area contributed by atoms with Crippen molar-refractivity contribution >= 4 is 5.78 Å². The van der Waals surface area contributed by atoms with Crippen LogP contribution in [-0.4, -0.2) is 38.9 Å². The van der Waals surface area contributed by atoms with Crippen LogP contribution in [0.5, 0.6) is 0 Å². The van der Waals surface area contributed by atoms with E-state index in [1.807, 2.05) is 13.8 Å². The summed E-state index contributed by atoms with van der Waals surface area (Å²) in [6.45, 7) is 15.2. The van der Waals surface area contributed by atoms with Crippen molar-refractivity contribution in [3.8, 4) is 0 Å².